The van der Waals surface area contributed by atoms with Gasteiger partial charge in [-0.25, -0.2) is 4.99 Å². The Bertz CT molecular complexity index is 1290. The van der Waals surface area contributed by atoms with Crippen molar-refractivity contribution in [3.63, 3.8) is 0 Å². The molecule has 5 rings (SSSR count). The first-order chi connectivity index (χ1) is 17.9. The number of carbonyl (C=O) groups excluding carboxylic acids is 2. The van der Waals surface area contributed by atoms with Crippen molar-refractivity contribution in [2.75, 3.05) is 7.11 Å². The molecule has 0 bridgehead atoms. The van der Waals surface area contributed by atoms with E-state index in [0.717, 1.165) is 5.56 Å². The first-order valence-electron chi connectivity index (χ1n) is 12.8. The van der Waals surface area contributed by atoms with Gasteiger partial charge in [0.15, 0.2) is 5.96 Å². The number of aliphatic hydroxyl groups is 1. The van der Waals surface area contributed by atoms with Crippen molar-refractivity contribution < 1.29 is 24.2 Å². The van der Waals surface area contributed by atoms with E-state index < -0.39 is 35.2 Å². The highest BCUT2D eigenvalue weighted by Gasteiger charge is 2.54. The zero-order valence-electron chi connectivity index (χ0n) is 22.3. The molecule has 1 fully saturated rings. The van der Waals surface area contributed by atoms with Crippen LogP contribution in [-0.2, 0) is 9.59 Å². The van der Waals surface area contributed by atoms with Crippen LogP contribution in [0.15, 0.2) is 47.7 Å². The molecule has 1 aromatic carbocycles. The highest BCUT2D eigenvalue weighted by atomic mass is 16.5. The number of ether oxygens (including phenoxy) is 2. The summed E-state index contributed by atoms with van der Waals surface area (Å²) >= 11 is 0. The normalized spacial score (nSPS) is 27.9. The Morgan fingerprint density at radius 2 is 2.00 bits per heavy atom. The van der Waals surface area contributed by atoms with Crippen molar-refractivity contribution in [2.45, 2.75) is 69.9 Å². The lowest BCUT2D eigenvalue weighted by Crippen LogP contribution is -2.54. The number of nitrogens with two attached hydrogens (primary N) is 1. The lowest BCUT2D eigenvalue weighted by atomic mass is 9.86. The zero-order chi connectivity index (χ0) is 27.4. The number of nitrogens with zero attached hydrogens (tertiary/aromatic N) is 3. The molecule has 3 aliphatic rings. The fraction of sp³-hybridized carbons (Fsp3) is 0.500. The molecule has 2 amide bonds. The minimum Gasteiger partial charge on any atom is -0.495 e. The summed E-state index contributed by atoms with van der Waals surface area (Å²) in [5, 5.41) is 14.1. The highest BCUT2D eigenvalue weighted by Crippen LogP contribution is 2.52. The molecule has 202 valence electrons. The number of benzene rings is 1. The number of fused-ring (bicyclic) bond motifs is 1. The highest BCUT2D eigenvalue weighted by molar-refractivity contribution is 5.99. The third kappa shape index (κ3) is 4.69. The molecular weight excluding hydrogens is 486 g/mol. The molecule has 1 aliphatic carbocycles. The minimum absolute atomic E-state index is 0.126. The second-order valence-corrected chi connectivity index (χ2v) is 11.5. The molecule has 1 unspecified atom stereocenters. The van der Waals surface area contributed by atoms with Gasteiger partial charge in [-0.2, -0.15) is 0 Å². The van der Waals surface area contributed by atoms with E-state index in [-0.39, 0.29) is 30.1 Å². The molecule has 10 heteroatoms. The number of amides is 2. The molecule has 1 aromatic heterocycles. The monoisotopic (exact) mass is 521 g/mol. The number of guanidine groups is 1. The minimum atomic E-state index is -0.953. The first kappa shape index (κ1) is 26.0. The molecule has 4 N–H and O–H groups in total. The van der Waals surface area contributed by atoms with E-state index in [0.29, 0.717) is 23.5 Å². The number of methoxy groups -OCH3 is 1. The predicted molar refractivity (Wildman–Crippen MR) is 140 cm³/mol. The topological polar surface area (TPSA) is 139 Å². The summed E-state index contributed by atoms with van der Waals surface area (Å²) in [6, 6.07) is 8.03. The average molecular weight is 522 g/mol. The second-order valence-electron chi connectivity index (χ2n) is 11.5. The average Bonchev–Trinajstić information content (AvgIpc) is 3.64. The molecular formula is C28H35N5O5. The summed E-state index contributed by atoms with van der Waals surface area (Å²) in [4.78, 5) is 37.3. The smallest absolute Gasteiger partial charge is 0.232 e. The van der Waals surface area contributed by atoms with Crippen LogP contribution in [0.2, 0.25) is 0 Å². The number of hydrogen-bond acceptors (Lipinski definition) is 8. The largest absolute Gasteiger partial charge is 0.495 e. The van der Waals surface area contributed by atoms with E-state index in [1.807, 2.05) is 44.2 Å². The summed E-state index contributed by atoms with van der Waals surface area (Å²) in [6.45, 7) is 7.32. The molecule has 1 saturated carbocycles. The van der Waals surface area contributed by atoms with Crippen molar-refractivity contribution in [2.24, 2.45) is 22.6 Å². The predicted octanol–water partition coefficient (Wildman–Crippen LogP) is 2.48. The fourth-order valence-electron chi connectivity index (χ4n) is 5.61. The van der Waals surface area contributed by atoms with Gasteiger partial charge in [0.2, 0.25) is 11.8 Å². The summed E-state index contributed by atoms with van der Waals surface area (Å²) in [5.74, 6) is 0.324. The first-order valence-corrected chi connectivity index (χ1v) is 12.8. The number of carbonyl (C=O) groups is 2. The number of para-hydroxylation sites is 1. The van der Waals surface area contributed by atoms with Crippen LogP contribution >= 0.6 is 0 Å². The van der Waals surface area contributed by atoms with Crippen LogP contribution in [0.1, 0.15) is 63.7 Å². The van der Waals surface area contributed by atoms with E-state index in [2.05, 4.69) is 15.3 Å². The van der Waals surface area contributed by atoms with Gasteiger partial charge < -0.3 is 25.6 Å². The number of hydrogen-bond donors (Lipinski definition) is 3. The van der Waals surface area contributed by atoms with Gasteiger partial charge in [-0.1, -0.05) is 18.2 Å². The Balaban J connectivity index is 1.44. The zero-order valence-corrected chi connectivity index (χ0v) is 22.3. The van der Waals surface area contributed by atoms with Crippen molar-refractivity contribution in [1.29, 1.82) is 0 Å². The summed E-state index contributed by atoms with van der Waals surface area (Å²) < 4.78 is 11.4. The van der Waals surface area contributed by atoms with Gasteiger partial charge in [0.25, 0.3) is 0 Å². The van der Waals surface area contributed by atoms with E-state index >= 15 is 0 Å². The number of aliphatic hydroxyl groups excluding tert-OH is 1. The number of aromatic nitrogens is 1. The van der Waals surface area contributed by atoms with Gasteiger partial charge >= 0.3 is 0 Å². The third-order valence-corrected chi connectivity index (χ3v) is 7.64. The molecule has 2 aliphatic heterocycles. The lowest BCUT2D eigenvalue weighted by Gasteiger charge is -2.42. The Morgan fingerprint density at radius 1 is 1.26 bits per heavy atom. The van der Waals surface area contributed by atoms with Gasteiger partial charge in [-0.3, -0.25) is 19.5 Å². The van der Waals surface area contributed by atoms with E-state index in [4.69, 9.17) is 15.2 Å². The van der Waals surface area contributed by atoms with Crippen LogP contribution in [0.25, 0.3) is 0 Å². The van der Waals surface area contributed by atoms with Gasteiger partial charge in [-0.15, -0.1) is 0 Å². The van der Waals surface area contributed by atoms with E-state index in [1.165, 1.54) is 4.90 Å². The summed E-state index contributed by atoms with van der Waals surface area (Å²) in [7, 11) is 1.55. The van der Waals surface area contributed by atoms with Crippen LogP contribution in [-0.4, -0.2) is 57.1 Å². The Morgan fingerprint density at radius 3 is 2.71 bits per heavy atom. The Kier molecular flexibility index (Phi) is 6.33. The van der Waals surface area contributed by atoms with Crippen LogP contribution < -0.4 is 20.5 Å². The maximum Gasteiger partial charge on any atom is 0.232 e. The molecule has 10 nitrogen and oxygen atoms in total. The van der Waals surface area contributed by atoms with Crippen LogP contribution in [0, 0.1) is 11.8 Å². The second kappa shape index (κ2) is 9.27. The standard InChI is InChI=1S/C28H35N5O5/c1-27(2)12-21(34)33(26(29)32-27)23(15-10-16(37-5)14-30-13-15)18-11-19(18)25(36)31-22-17-8-6-7-9-20(17)38-28(3,4)24(22)35/h6-10,13-14,18-19,22-24,35H,11-12H2,1-5H3,(H2,29,32)(H,31,36)/t18-,19-,22+,23?,24-/m0/s1. The third-order valence-electron chi connectivity index (χ3n) is 7.64. The maximum atomic E-state index is 13.6. The van der Waals surface area contributed by atoms with E-state index in [1.54, 1.807) is 33.4 Å². The molecule has 0 spiro atoms. The summed E-state index contributed by atoms with van der Waals surface area (Å²) in [5.41, 5.74) is 6.30. The van der Waals surface area contributed by atoms with Crippen molar-refractivity contribution in [1.82, 2.24) is 15.2 Å². The number of nitrogens with one attached hydrogen (secondary N) is 1. The molecule has 38 heavy (non-hydrogen) atoms. The lowest BCUT2D eigenvalue weighted by molar-refractivity contribution is -0.132. The quantitative estimate of drug-likeness (QED) is 0.531. The van der Waals surface area contributed by atoms with Crippen LogP contribution in [0.5, 0.6) is 11.5 Å². The van der Waals surface area contributed by atoms with Crippen molar-refractivity contribution >= 4 is 17.8 Å². The maximum absolute atomic E-state index is 13.6. The molecule has 0 saturated heterocycles. The van der Waals surface area contributed by atoms with Crippen molar-refractivity contribution in [3.8, 4) is 11.5 Å². The fourth-order valence-corrected chi connectivity index (χ4v) is 5.61. The Hall–Kier alpha value is -3.66. The van der Waals surface area contributed by atoms with E-state index in [9.17, 15) is 14.7 Å². The summed E-state index contributed by atoms with van der Waals surface area (Å²) in [6.07, 6.45) is 3.04. The van der Waals surface area contributed by atoms with Gasteiger partial charge in [0.1, 0.15) is 23.2 Å². The number of rotatable bonds is 6. The van der Waals surface area contributed by atoms with Crippen LogP contribution in [0.3, 0.4) is 0 Å². The number of pyridine rings is 1. The van der Waals surface area contributed by atoms with Gasteiger partial charge in [-0.05, 0) is 57.7 Å². The Labute approximate surface area is 222 Å². The van der Waals surface area contributed by atoms with Crippen molar-refractivity contribution in [3.05, 3.63) is 53.9 Å². The molecule has 2 aromatic rings. The molecule has 5 atom stereocenters. The molecule has 3 heterocycles. The molecule has 0 radical (unpaired) electrons. The van der Waals surface area contributed by atoms with Gasteiger partial charge in [0.05, 0.1) is 37.4 Å². The number of aliphatic imine (C=N–C) groups is 1. The van der Waals surface area contributed by atoms with Gasteiger partial charge in [0, 0.05) is 17.7 Å². The SMILES string of the molecule is COc1cncc(C([C@H]2C[C@@H]2C(=O)N[C@@H]2c3ccccc3OC(C)(C)[C@H]2O)N2C(=O)CC(C)(C)N=C2N)c1. The van der Waals surface area contributed by atoms with Crippen LogP contribution in [0.4, 0.5) is 0 Å².